The third kappa shape index (κ3) is 5.50. The maximum absolute atomic E-state index is 14.0. The van der Waals surface area contributed by atoms with Crippen LogP contribution in [0.2, 0.25) is 0 Å². The molecule has 1 aliphatic rings. The van der Waals surface area contributed by atoms with Crippen LogP contribution in [0.3, 0.4) is 0 Å². The highest BCUT2D eigenvalue weighted by atomic mass is 32.2. The number of amides is 1. The number of hydrogen-bond acceptors (Lipinski definition) is 6. The molecule has 3 aromatic rings. The van der Waals surface area contributed by atoms with Gasteiger partial charge in [0.1, 0.15) is 5.82 Å². The van der Waals surface area contributed by atoms with E-state index in [2.05, 4.69) is 15.4 Å². The zero-order valence-electron chi connectivity index (χ0n) is 19.8. The van der Waals surface area contributed by atoms with Crippen LogP contribution in [-0.2, 0) is 16.8 Å². The zero-order valence-corrected chi connectivity index (χ0v) is 20.7. The van der Waals surface area contributed by atoms with E-state index in [1.54, 1.807) is 54.1 Å². The molecular weight excluding hydrogens is 474 g/mol. The van der Waals surface area contributed by atoms with Crippen LogP contribution >= 0.6 is 0 Å². The molecule has 1 aromatic carbocycles. The van der Waals surface area contributed by atoms with E-state index in [0.29, 0.717) is 39.8 Å². The Kier molecular flexibility index (Phi) is 6.63. The van der Waals surface area contributed by atoms with E-state index in [-0.39, 0.29) is 31.4 Å². The molecule has 0 aliphatic carbocycles. The molecule has 8 nitrogen and oxygen atoms in total. The Morgan fingerprint density at radius 1 is 1.23 bits per heavy atom. The number of pyridine rings is 1. The number of alkyl halides is 2. The van der Waals surface area contributed by atoms with E-state index in [4.69, 9.17) is 4.78 Å². The van der Waals surface area contributed by atoms with Gasteiger partial charge in [0.05, 0.1) is 21.0 Å². The summed E-state index contributed by atoms with van der Waals surface area (Å²) in [6.07, 6.45) is 4.49. The molecule has 11 heteroatoms. The molecule has 4 rings (SSSR count). The van der Waals surface area contributed by atoms with Crippen LogP contribution < -0.4 is 10.2 Å². The lowest BCUT2D eigenvalue weighted by Crippen LogP contribution is -2.30. The van der Waals surface area contributed by atoms with Gasteiger partial charge in [-0.1, -0.05) is 6.07 Å². The zero-order chi connectivity index (χ0) is 25.4. The maximum atomic E-state index is 14.0. The van der Waals surface area contributed by atoms with Gasteiger partial charge in [-0.15, -0.1) is 0 Å². The number of nitrogens with one attached hydrogen (secondary N) is 2. The van der Waals surface area contributed by atoms with Crippen molar-refractivity contribution in [1.29, 1.82) is 4.78 Å². The van der Waals surface area contributed by atoms with Crippen LogP contribution in [0.1, 0.15) is 35.2 Å². The number of nitrogens with zero attached hydrogens (tertiary/aromatic N) is 4. The van der Waals surface area contributed by atoms with Gasteiger partial charge in [-0.2, -0.15) is 5.10 Å². The van der Waals surface area contributed by atoms with Gasteiger partial charge in [-0.3, -0.25) is 9.48 Å². The summed E-state index contributed by atoms with van der Waals surface area (Å²) in [6, 6.07) is 8.15. The Balaban J connectivity index is 1.77. The first kappa shape index (κ1) is 24.8. The first-order valence-corrected chi connectivity index (χ1v) is 13.2. The van der Waals surface area contributed by atoms with E-state index in [0.717, 1.165) is 0 Å². The molecule has 0 bridgehead atoms. The topological polar surface area (TPSA) is 104 Å². The third-order valence-electron chi connectivity index (χ3n) is 6.09. The van der Waals surface area contributed by atoms with Crippen molar-refractivity contribution < 1.29 is 17.8 Å². The molecule has 2 aromatic heterocycles. The molecule has 186 valence electrons. The van der Waals surface area contributed by atoms with Crippen molar-refractivity contribution in [2.75, 3.05) is 29.6 Å². The fraction of sp³-hybridized carbons (Fsp3) is 0.375. The summed E-state index contributed by atoms with van der Waals surface area (Å²) in [4.78, 5) is 20.2. The van der Waals surface area contributed by atoms with Gasteiger partial charge >= 0.3 is 0 Å². The lowest BCUT2D eigenvalue weighted by Gasteiger charge is -2.25. The maximum Gasteiger partial charge on any atom is 0.259 e. The molecule has 3 heterocycles. The van der Waals surface area contributed by atoms with Crippen molar-refractivity contribution in [1.82, 2.24) is 14.8 Å². The second-order valence-corrected chi connectivity index (χ2v) is 11.1. The van der Waals surface area contributed by atoms with Gasteiger partial charge < -0.3 is 10.2 Å². The molecule has 2 N–H and O–H groups in total. The van der Waals surface area contributed by atoms with Gasteiger partial charge in [0.2, 0.25) is 5.92 Å². The molecule has 1 amide bonds. The standard InChI is InChI=1S/C24H28F2N6O2S/c1-16-19(20-8-12-31(2)30-20)15-28-22(32-11-5-9-24(25,26)10-13-32)21(16)23(33)29-17-6-4-7-18(14-17)35(3,27)34/h4,6-8,12,14-15,27H,5,9-11,13H2,1-3H3,(H,29,33). The Morgan fingerprint density at radius 3 is 2.69 bits per heavy atom. The van der Waals surface area contributed by atoms with Crippen LogP contribution in [0.25, 0.3) is 11.3 Å². The predicted molar refractivity (Wildman–Crippen MR) is 132 cm³/mol. The summed E-state index contributed by atoms with van der Waals surface area (Å²) < 4.78 is 49.7. The van der Waals surface area contributed by atoms with Crippen LogP contribution in [0.4, 0.5) is 20.3 Å². The second kappa shape index (κ2) is 9.37. The van der Waals surface area contributed by atoms with Crippen LogP contribution in [0.15, 0.2) is 47.6 Å². The lowest BCUT2D eigenvalue weighted by atomic mass is 10.0. The van der Waals surface area contributed by atoms with Crippen LogP contribution in [0, 0.1) is 11.7 Å². The van der Waals surface area contributed by atoms with Gasteiger partial charge in [0, 0.05) is 67.8 Å². The highest BCUT2D eigenvalue weighted by Crippen LogP contribution is 2.34. The van der Waals surface area contributed by atoms with Gasteiger partial charge in [0.15, 0.2) is 0 Å². The Bertz CT molecular complexity index is 1370. The quantitative estimate of drug-likeness (QED) is 0.526. The molecule has 1 fully saturated rings. The number of carbonyl (C=O) groups excluding carboxylic acids is 1. The lowest BCUT2D eigenvalue weighted by molar-refractivity contribution is -0.0102. The van der Waals surface area contributed by atoms with Gasteiger partial charge in [0.25, 0.3) is 5.91 Å². The summed E-state index contributed by atoms with van der Waals surface area (Å²) in [5.74, 6) is -2.87. The van der Waals surface area contributed by atoms with Crippen molar-refractivity contribution in [2.24, 2.45) is 7.05 Å². The Morgan fingerprint density at radius 2 is 2.00 bits per heavy atom. The number of halogens is 2. The Hall–Kier alpha value is -3.34. The number of aromatic nitrogens is 3. The molecule has 1 aliphatic heterocycles. The molecule has 0 radical (unpaired) electrons. The SMILES string of the molecule is Cc1c(-c2ccn(C)n2)cnc(N2CCCC(F)(F)CC2)c1C(=O)Nc1cccc(S(C)(=N)=O)c1. The second-order valence-electron chi connectivity index (χ2n) is 8.89. The third-order valence-corrected chi connectivity index (χ3v) is 7.25. The van der Waals surface area contributed by atoms with E-state index in [1.165, 1.54) is 12.3 Å². The summed E-state index contributed by atoms with van der Waals surface area (Å²) in [7, 11) is -1.18. The monoisotopic (exact) mass is 502 g/mol. The van der Waals surface area contributed by atoms with E-state index < -0.39 is 21.6 Å². The van der Waals surface area contributed by atoms with Crippen LogP contribution in [0.5, 0.6) is 0 Å². The molecule has 0 spiro atoms. The minimum Gasteiger partial charge on any atom is -0.356 e. The van der Waals surface area contributed by atoms with Gasteiger partial charge in [-0.25, -0.2) is 22.8 Å². The van der Waals surface area contributed by atoms with Gasteiger partial charge in [-0.05, 0) is 43.2 Å². The number of hydrogen-bond donors (Lipinski definition) is 2. The minimum absolute atomic E-state index is 0.0783. The molecule has 1 atom stereocenters. The predicted octanol–water partition coefficient (Wildman–Crippen LogP) is 4.70. The number of carbonyl (C=O) groups is 1. The molecule has 35 heavy (non-hydrogen) atoms. The molecule has 0 saturated carbocycles. The van der Waals surface area contributed by atoms with Crippen molar-refractivity contribution in [2.45, 2.75) is 37.0 Å². The largest absolute Gasteiger partial charge is 0.356 e. The summed E-state index contributed by atoms with van der Waals surface area (Å²) in [6.45, 7) is 2.22. The summed E-state index contributed by atoms with van der Waals surface area (Å²) in [5, 5.41) is 7.24. The number of benzene rings is 1. The minimum atomic E-state index is -2.97. The van der Waals surface area contributed by atoms with Crippen molar-refractivity contribution in [3.8, 4) is 11.3 Å². The fourth-order valence-electron chi connectivity index (χ4n) is 4.20. The highest BCUT2D eigenvalue weighted by Gasteiger charge is 2.33. The number of anilines is 2. The smallest absolute Gasteiger partial charge is 0.259 e. The Labute approximate surface area is 203 Å². The average Bonchev–Trinajstić information content (AvgIpc) is 3.12. The van der Waals surface area contributed by atoms with Crippen molar-refractivity contribution >= 4 is 27.1 Å². The highest BCUT2D eigenvalue weighted by molar-refractivity contribution is 7.91. The molecular formula is C24H28F2N6O2S. The summed E-state index contributed by atoms with van der Waals surface area (Å²) in [5.41, 5.74) is 2.58. The molecule has 1 unspecified atom stereocenters. The van der Waals surface area contributed by atoms with Crippen molar-refractivity contribution in [3.05, 3.63) is 53.9 Å². The fourth-order valence-corrected chi connectivity index (χ4v) is 4.89. The number of aryl methyl sites for hydroxylation is 1. The van der Waals surface area contributed by atoms with Crippen molar-refractivity contribution in [3.63, 3.8) is 0 Å². The first-order chi connectivity index (χ1) is 16.4. The van der Waals surface area contributed by atoms with Crippen LogP contribution in [-0.4, -0.2) is 50.1 Å². The van der Waals surface area contributed by atoms with E-state index in [1.807, 2.05) is 6.07 Å². The van der Waals surface area contributed by atoms with E-state index >= 15 is 0 Å². The van der Waals surface area contributed by atoms with E-state index in [9.17, 15) is 17.8 Å². The first-order valence-electron chi connectivity index (χ1n) is 11.2. The number of rotatable bonds is 5. The normalized spacial score (nSPS) is 17.5. The summed E-state index contributed by atoms with van der Waals surface area (Å²) >= 11 is 0. The average molecular weight is 503 g/mol. The molecule has 1 saturated heterocycles.